The lowest BCUT2D eigenvalue weighted by Gasteiger charge is -2.07. The Bertz CT molecular complexity index is 1050. The first-order valence-electron chi connectivity index (χ1n) is 8.59. The Labute approximate surface area is 165 Å². The maximum Gasteiger partial charge on any atom is 0.244 e. The predicted molar refractivity (Wildman–Crippen MR) is 102 cm³/mol. The van der Waals surface area contributed by atoms with E-state index >= 15 is 0 Å². The molecule has 0 aliphatic rings. The third kappa shape index (κ3) is 4.98. The Morgan fingerprint density at radius 3 is 2.62 bits per heavy atom. The fourth-order valence-corrected chi connectivity index (χ4v) is 2.58. The van der Waals surface area contributed by atoms with E-state index in [2.05, 4.69) is 10.5 Å². The summed E-state index contributed by atoms with van der Waals surface area (Å²) in [5.41, 5.74) is 1.25. The van der Waals surface area contributed by atoms with Crippen LogP contribution in [-0.4, -0.2) is 25.3 Å². The monoisotopic (exact) mass is 400 g/mol. The first-order chi connectivity index (χ1) is 14.0. The summed E-state index contributed by atoms with van der Waals surface area (Å²) in [4.78, 5) is 12.0. The molecule has 1 aromatic heterocycles. The molecular weight excluding hydrogens is 382 g/mol. The Morgan fingerprint density at radius 1 is 1.10 bits per heavy atom. The van der Waals surface area contributed by atoms with Crippen molar-refractivity contribution in [3.63, 3.8) is 0 Å². The van der Waals surface area contributed by atoms with Gasteiger partial charge in [-0.25, -0.2) is 8.78 Å². The lowest BCUT2D eigenvalue weighted by Crippen LogP contribution is -2.20. The molecule has 29 heavy (non-hydrogen) atoms. The average molecular weight is 400 g/mol. The van der Waals surface area contributed by atoms with E-state index in [-0.39, 0.29) is 23.8 Å². The Balaban J connectivity index is 1.60. The number of carbonyl (C=O) groups excluding carboxylic acids is 1. The number of halogens is 2. The number of ether oxygens (including phenoxy) is 2. The second kappa shape index (κ2) is 9.01. The van der Waals surface area contributed by atoms with Gasteiger partial charge >= 0.3 is 0 Å². The Kier molecular flexibility index (Phi) is 6.23. The van der Waals surface area contributed by atoms with E-state index in [1.807, 2.05) is 0 Å². The number of carbonyl (C=O) groups is 1. The van der Waals surface area contributed by atoms with Crippen molar-refractivity contribution >= 4 is 12.0 Å². The number of benzene rings is 2. The van der Waals surface area contributed by atoms with Crippen LogP contribution in [0.3, 0.4) is 0 Å². The van der Waals surface area contributed by atoms with Crippen LogP contribution in [0.2, 0.25) is 0 Å². The summed E-state index contributed by atoms with van der Waals surface area (Å²) in [5, 5.41) is 6.43. The van der Waals surface area contributed by atoms with Crippen molar-refractivity contribution in [3.8, 4) is 22.8 Å². The fourth-order valence-electron chi connectivity index (χ4n) is 2.58. The molecule has 1 heterocycles. The molecule has 0 aliphatic carbocycles. The SMILES string of the molecule is COc1ccc(/C=C/C(=O)NCc2cc(-c3ccc(F)cc3F)on2)cc1OC. The smallest absolute Gasteiger partial charge is 0.244 e. The van der Waals surface area contributed by atoms with Gasteiger partial charge in [0.05, 0.1) is 26.3 Å². The lowest BCUT2D eigenvalue weighted by atomic mass is 10.1. The molecule has 3 aromatic rings. The molecule has 8 heteroatoms. The predicted octanol–water partition coefficient (Wildman–Crippen LogP) is 3.97. The Morgan fingerprint density at radius 2 is 1.90 bits per heavy atom. The molecule has 0 spiro atoms. The fraction of sp³-hybridized carbons (Fsp3) is 0.143. The number of aromatic nitrogens is 1. The molecule has 0 aliphatic heterocycles. The molecule has 0 unspecified atom stereocenters. The maximum absolute atomic E-state index is 13.8. The van der Waals surface area contributed by atoms with E-state index in [4.69, 9.17) is 14.0 Å². The van der Waals surface area contributed by atoms with Gasteiger partial charge in [0, 0.05) is 18.2 Å². The third-order valence-corrected chi connectivity index (χ3v) is 4.03. The van der Waals surface area contributed by atoms with Crippen molar-refractivity contribution in [2.45, 2.75) is 6.54 Å². The van der Waals surface area contributed by atoms with Gasteiger partial charge < -0.3 is 19.3 Å². The second-order valence-electron chi connectivity index (χ2n) is 5.97. The number of amides is 1. The standard InChI is InChI=1S/C21H18F2N2O4/c1-27-18-7-3-13(9-20(18)28-2)4-8-21(26)24-12-15-11-19(29-25-15)16-6-5-14(22)10-17(16)23/h3-11H,12H2,1-2H3,(H,24,26)/b8-4+. The number of nitrogens with one attached hydrogen (secondary N) is 1. The zero-order chi connectivity index (χ0) is 20.8. The van der Waals surface area contributed by atoms with E-state index in [1.54, 1.807) is 31.4 Å². The van der Waals surface area contributed by atoms with Crippen molar-refractivity contribution in [1.82, 2.24) is 10.5 Å². The molecule has 0 fully saturated rings. The number of hydrogen-bond donors (Lipinski definition) is 1. The summed E-state index contributed by atoms with van der Waals surface area (Å²) in [7, 11) is 3.07. The number of nitrogens with zero attached hydrogens (tertiary/aromatic N) is 1. The molecule has 0 saturated carbocycles. The van der Waals surface area contributed by atoms with Crippen LogP contribution in [0.25, 0.3) is 17.4 Å². The molecule has 0 saturated heterocycles. The van der Waals surface area contributed by atoms with Gasteiger partial charge in [-0.3, -0.25) is 4.79 Å². The third-order valence-electron chi connectivity index (χ3n) is 4.03. The molecule has 2 aromatic carbocycles. The average Bonchev–Trinajstić information content (AvgIpc) is 3.19. The first kappa shape index (κ1) is 20.1. The van der Waals surface area contributed by atoms with Crippen LogP contribution in [0, 0.1) is 11.6 Å². The second-order valence-corrected chi connectivity index (χ2v) is 5.97. The van der Waals surface area contributed by atoms with E-state index in [0.29, 0.717) is 17.2 Å². The van der Waals surface area contributed by atoms with Gasteiger partial charge in [0.25, 0.3) is 0 Å². The van der Waals surface area contributed by atoms with Crippen molar-refractivity contribution < 1.29 is 27.6 Å². The Hall–Kier alpha value is -3.68. The zero-order valence-corrected chi connectivity index (χ0v) is 15.7. The number of methoxy groups -OCH3 is 2. The van der Waals surface area contributed by atoms with Gasteiger partial charge in [0.2, 0.25) is 5.91 Å². The molecule has 0 bridgehead atoms. The quantitative estimate of drug-likeness (QED) is 0.608. The molecule has 0 atom stereocenters. The van der Waals surface area contributed by atoms with Crippen LogP contribution < -0.4 is 14.8 Å². The topological polar surface area (TPSA) is 73.6 Å². The number of hydrogen-bond acceptors (Lipinski definition) is 5. The van der Waals surface area contributed by atoms with Gasteiger partial charge in [-0.05, 0) is 35.9 Å². The molecule has 150 valence electrons. The molecule has 0 radical (unpaired) electrons. The maximum atomic E-state index is 13.8. The van der Waals surface area contributed by atoms with Crippen LogP contribution in [-0.2, 0) is 11.3 Å². The molecule has 1 N–H and O–H groups in total. The first-order valence-corrected chi connectivity index (χ1v) is 8.59. The summed E-state index contributed by atoms with van der Waals surface area (Å²) in [6.45, 7) is 0.0847. The lowest BCUT2D eigenvalue weighted by molar-refractivity contribution is -0.116. The minimum absolute atomic E-state index is 0.0847. The van der Waals surface area contributed by atoms with E-state index < -0.39 is 11.6 Å². The van der Waals surface area contributed by atoms with Gasteiger partial charge in [0.1, 0.15) is 17.3 Å². The number of rotatable bonds is 7. The van der Waals surface area contributed by atoms with Crippen molar-refractivity contribution in [3.05, 3.63) is 71.4 Å². The van der Waals surface area contributed by atoms with Crippen LogP contribution in [0.5, 0.6) is 11.5 Å². The van der Waals surface area contributed by atoms with Gasteiger partial charge in [-0.15, -0.1) is 0 Å². The molecule has 3 rings (SSSR count). The summed E-state index contributed by atoms with van der Waals surface area (Å²) in [6, 6.07) is 9.89. The highest BCUT2D eigenvalue weighted by atomic mass is 19.1. The summed E-state index contributed by atoms with van der Waals surface area (Å²) >= 11 is 0. The summed E-state index contributed by atoms with van der Waals surface area (Å²) in [5.74, 6) is -0.495. The van der Waals surface area contributed by atoms with E-state index in [1.165, 1.54) is 25.3 Å². The normalized spacial score (nSPS) is 10.9. The van der Waals surface area contributed by atoms with Crippen LogP contribution in [0.4, 0.5) is 8.78 Å². The van der Waals surface area contributed by atoms with Gasteiger partial charge in [-0.1, -0.05) is 11.2 Å². The van der Waals surface area contributed by atoms with Gasteiger partial charge in [0.15, 0.2) is 17.3 Å². The van der Waals surface area contributed by atoms with Crippen LogP contribution >= 0.6 is 0 Å². The van der Waals surface area contributed by atoms with Crippen LogP contribution in [0.1, 0.15) is 11.3 Å². The molecular formula is C21H18F2N2O4. The molecule has 1 amide bonds. The zero-order valence-electron chi connectivity index (χ0n) is 15.7. The highest BCUT2D eigenvalue weighted by molar-refractivity contribution is 5.91. The van der Waals surface area contributed by atoms with Crippen molar-refractivity contribution in [1.29, 1.82) is 0 Å². The van der Waals surface area contributed by atoms with Gasteiger partial charge in [-0.2, -0.15) is 0 Å². The van der Waals surface area contributed by atoms with Crippen molar-refractivity contribution in [2.75, 3.05) is 14.2 Å². The minimum atomic E-state index is -0.755. The molecule has 6 nitrogen and oxygen atoms in total. The highest BCUT2D eigenvalue weighted by Crippen LogP contribution is 2.28. The largest absolute Gasteiger partial charge is 0.493 e. The highest BCUT2D eigenvalue weighted by Gasteiger charge is 2.12. The summed E-state index contributed by atoms with van der Waals surface area (Å²) in [6.07, 6.45) is 2.99. The summed E-state index contributed by atoms with van der Waals surface area (Å²) < 4.78 is 42.3. The van der Waals surface area contributed by atoms with Crippen LogP contribution in [0.15, 0.2) is 53.1 Å². The van der Waals surface area contributed by atoms with E-state index in [0.717, 1.165) is 17.7 Å². The van der Waals surface area contributed by atoms with Crippen molar-refractivity contribution in [2.24, 2.45) is 0 Å². The van der Waals surface area contributed by atoms with E-state index in [9.17, 15) is 13.6 Å². The minimum Gasteiger partial charge on any atom is -0.493 e.